The highest BCUT2D eigenvalue weighted by Gasteiger charge is 2.16. The Hall–Kier alpha value is -0.260. The molecule has 0 heterocycles. The molecule has 80 valence electrons. The number of hydrogen-bond donors (Lipinski definition) is 0. The molecule has 1 aliphatic carbocycles. The van der Waals surface area contributed by atoms with Gasteiger partial charge in [0.15, 0.2) is 0 Å². The van der Waals surface area contributed by atoms with Crippen LogP contribution in [0.5, 0.6) is 0 Å². The molecule has 0 saturated heterocycles. The highest BCUT2D eigenvalue weighted by atomic mass is 35.5. The maximum absolute atomic E-state index is 8.58. The number of halogens is 1. The Kier molecular flexibility index (Phi) is 5.29. The molecule has 0 N–H and O–H groups in total. The van der Waals surface area contributed by atoms with Crippen molar-refractivity contribution in [3.8, 4) is 6.07 Å². The molecular formula is C11H19ClN2. The molecule has 0 aromatic heterocycles. The summed E-state index contributed by atoms with van der Waals surface area (Å²) in [5, 5.41) is 8.22. The third-order valence-electron chi connectivity index (χ3n) is 2.91. The lowest BCUT2D eigenvalue weighted by Crippen LogP contribution is -2.31. The summed E-state index contributed by atoms with van der Waals surface area (Å²) in [4.78, 5) is 2.19. The first-order valence-corrected chi connectivity index (χ1v) is 5.88. The number of rotatable bonds is 4. The summed E-state index contributed by atoms with van der Waals surface area (Å²) in [6.45, 7) is 1.79. The predicted molar refractivity (Wildman–Crippen MR) is 59.3 cm³/mol. The molecule has 1 fully saturated rings. The molecule has 1 saturated carbocycles. The van der Waals surface area contributed by atoms with Crippen molar-refractivity contribution >= 4 is 11.6 Å². The van der Waals surface area contributed by atoms with Crippen LogP contribution in [0.15, 0.2) is 0 Å². The summed E-state index contributed by atoms with van der Waals surface area (Å²) in [5.41, 5.74) is 0. The van der Waals surface area contributed by atoms with E-state index in [2.05, 4.69) is 18.0 Å². The molecular weight excluding hydrogens is 196 g/mol. The molecule has 14 heavy (non-hydrogen) atoms. The van der Waals surface area contributed by atoms with Gasteiger partial charge in [0.25, 0.3) is 0 Å². The van der Waals surface area contributed by atoms with Gasteiger partial charge in [-0.05, 0) is 25.8 Å². The number of nitrogens with zero attached hydrogens (tertiary/aromatic N) is 2. The molecule has 1 unspecified atom stereocenters. The van der Waals surface area contributed by atoms with Crippen molar-refractivity contribution < 1.29 is 0 Å². The van der Waals surface area contributed by atoms with Crippen LogP contribution in [-0.4, -0.2) is 30.4 Å². The number of hydrogen-bond acceptors (Lipinski definition) is 2. The Balaban J connectivity index is 2.18. The van der Waals surface area contributed by atoms with Crippen LogP contribution in [0.2, 0.25) is 0 Å². The van der Waals surface area contributed by atoms with Crippen molar-refractivity contribution in [2.24, 2.45) is 5.92 Å². The number of nitriles is 1. The van der Waals surface area contributed by atoms with Crippen LogP contribution in [0.25, 0.3) is 0 Å². The van der Waals surface area contributed by atoms with Crippen molar-refractivity contribution in [3.63, 3.8) is 0 Å². The zero-order valence-corrected chi connectivity index (χ0v) is 9.63. The largest absolute Gasteiger partial charge is 0.304 e. The minimum atomic E-state index is -0.358. The van der Waals surface area contributed by atoms with E-state index < -0.39 is 0 Å². The Morgan fingerprint density at radius 1 is 1.43 bits per heavy atom. The monoisotopic (exact) mass is 214 g/mol. The van der Waals surface area contributed by atoms with Crippen LogP contribution in [-0.2, 0) is 0 Å². The lowest BCUT2D eigenvalue weighted by Gasteiger charge is -2.27. The van der Waals surface area contributed by atoms with Crippen molar-refractivity contribution in [1.82, 2.24) is 4.90 Å². The molecule has 2 nitrogen and oxygen atoms in total. The second-order valence-electron chi connectivity index (χ2n) is 4.32. The first-order chi connectivity index (χ1) is 6.72. The van der Waals surface area contributed by atoms with E-state index in [1.54, 1.807) is 0 Å². The summed E-state index contributed by atoms with van der Waals surface area (Å²) >= 11 is 5.78. The van der Waals surface area contributed by atoms with Gasteiger partial charge in [-0.1, -0.05) is 19.3 Å². The van der Waals surface area contributed by atoms with Crippen molar-refractivity contribution in [2.75, 3.05) is 20.1 Å². The van der Waals surface area contributed by atoms with Crippen LogP contribution in [0.3, 0.4) is 0 Å². The predicted octanol–water partition coefficient (Wildman–Crippen LogP) is 2.63. The minimum absolute atomic E-state index is 0.358. The molecule has 0 aromatic carbocycles. The van der Waals surface area contributed by atoms with Gasteiger partial charge >= 0.3 is 0 Å². The van der Waals surface area contributed by atoms with Crippen molar-refractivity contribution in [2.45, 2.75) is 37.5 Å². The van der Waals surface area contributed by atoms with Crippen molar-refractivity contribution in [1.29, 1.82) is 5.26 Å². The first kappa shape index (κ1) is 11.8. The van der Waals surface area contributed by atoms with Gasteiger partial charge in [-0.3, -0.25) is 0 Å². The van der Waals surface area contributed by atoms with Gasteiger partial charge in [0.1, 0.15) is 5.38 Å². The number of alkyl halides is 1. The summed E-state index contributed by atoms with van der Waals surface area (Å²) < 4.78 is 0. The molecule has 0 bridgehead atoms. The zero-order valence-electron chi connectivity index (χ0n) is 8.88. The molecule has 1 atom stereocenters. The molecule has 3 heteroatoms. The summed E-state index contributed by atoms with van der Waals surface area (Å²) in [6, 6.07) is 2.06. The van der Waals surface area contributed by atoms with Gasteiger partial charge in [-0.15, -0.1) is 11.6 Å². The topological polar surface area (TPSA) is 27.0 Å². The SMILES string of the molecule is CN(CC(Cl)C#N)CC1CCCCC1. The van der Waals surface area contributed by atoms with Gasteiger partial charge in [0.05, 0.1) is 6.07 Å². The first-order valence-electron chi connectivity index (χ1n) is 5.44. The standard InChI is InChI=1S/C11H19ClN2/c1-14(9-11(12)7-13)8-10-5-3-2-4-6-10/h10-11H,2-6,8-9H2,1H3. The molecule has 0 aliphatic heterocycles. The van der Waals surface area contributed by atoms with E-state index in [9.17, 15) is 0 Å². The Morgan fingerprint density at radius 2 is 2.07 bits per heavy atom. The van der Waals surface area contributed by atoms with E-state index in [4.69, 9.17) is 16.9 Å². The average Bonchev–Trinajstić information content (AvgIpc) is 2.19. The Morgan fingerprint density at radius 3 is 2.64 bits per heavy atom. The second kappa shape index (κ2) is 6.27. The molecule has 0 radical (unpaired) electrons. The molecule has 0 aromatic rings. The van der Waals surface area contributed by atoms with Gasteiger partial charge in [-0.25, -0.2) is 0 Å². The van der Waals surface area contributed by atoms with Gasteiger partial charge < -0.3 is 4.90 Å². The summed E-state index contributed by atoms with van der Waals surface area (Å²) in [5.74, 6) is 0.830. The van der Waals surface area contributed by atoms with Gasteiger partial charge in [0, 0.05) is 13.1 Å². The average molecular weight is 215 g/mol. The van der Waals surface area contributed by atoms with Crippen LogP contribution in [0.1, 0.15) is 32.1 Å². The molecule has 1 aliphatic rings. The van der Waals surface area contributed by atoms with Crippen LogP contribution in [0.4, 0.5) is 0 Å². The smallest absolute Gasteiger partial charge is 0.133 e. The van der Waals surface area contributed by atoms with Crippen LogP contribution < -0.4 is 0 Å². The lowest BCUT2D eigenvalue weighted by atomic mass is 9.89. The third kappa shape index (κ3) is 4.30. The normalized spacial score (nSPS) is 20.7. The second-order valence-corrected chi connectivity index (χ2v) is 4.85. The van der Waals surface area contributed by atoms with E-state index >= 15 is 0 Å². The summed E-state index contributed by atoms with van der Waals surface area (Å²) in [7, 11) is 2.06. The minimum Gasteiger partial charge on any atom is -0.304 e. The maximum Gasteiger partial charge on any atom is 0.133 e. The van der Waals surface area contributed by atoms with E-state index in [1.165, 1.54) is 32.1 Å². The maximum atomic E-state index is 8.58. The molecule has 0 spiro atoms. The molecule has 1 rings (SSSR count). The Bertz CT molecular complexity index is 194. The van der Waals surface area contributed by atoms with E-state index in [0.717, 1.165) is 12.5 Å². The van der Waals surface area contributed by atoms with Crippen LogP contribution in [0, 0.1) is 17.2 Å². The molecule has 0 amide bonds. The Labute approximate surface area is 91.8 Å². The van der Waals surface area contributed by atoms with E-state index in [1.807, 2.05) is 0 Å². The lowest BCUT2D eigenvalue weighted by molar-refractivity contribution is 0.238. The zero-order chi connectivity index (χ0) is 10.4. The fourth-order valence-corrected chi connectivity index (χ4v) is 2.44. The van der Waals surface area contributed by atoms with E-state index in [0.29, 0.717) is 6.54 Å². The highest BCUT2D eigenvalue weighted by Crippen LogP contribution is 2.24. The van der Waals surface area contributed by atoms with Gasteiger partial charge in [0.2, 0.25) is 0 Å². The summed E-state index contributed by atoms with van der Waals surface area (Å²) in [6.07, 6.45) is 6.85. The van der Waals surface area contributed by atoms with E-state index in [-0.39, 0.29) is 5.38 Å². The third-order valence-corrected chi connectivity index (χ3v) is 3.14. The van der Waals surface area contributed by atoms with Crippen molar-refractivity contribution in [3.05, 3.63) is 0 Å². The fourth-order valence-electron chi connectivity index (χ4n) is 2.20. The van der Waals surface area contributed by atoms with Crippen LogP contribution >= 0.6 is 11.6 Å². The van der Waals surface area contributed by atoms with Gasteiger partial charge in [-0.2, -0.15) is 5.26 Å². The fraction of sp³-hybridized carbons (Fsp3) is 0.909. The highest BCUT2D eigenvalue weighted by molar-refractivity contribution is 6.22. The quantitative estimate of drug-likeness (QED) is 0.673.